The van der Waals surface area contributed by atoms with E-state index in [1.165, 1.54) is 0 Å². The van der Waals surface area contributed by atoms with Gasteiger partial charge in [0, 0.05) is 16.6 Å². The van der Waals surface area contributed by atoms with Crippen LogP contribution in [0, 0.1) is 0 Å². The van der Waals surface area contributed by atoms with Crippen LogP contribution in [-0.2, 0) is 4.79 Å². The van der Waals surface area contributed by atoms with Gasteiger partial charge in [-0.05, 0) is 40.2 Å². The fourth-order valence-electron chi connectivity index (χ4n) is 1.52. The largest absolute Gasteiger partial charge is 0.497 e. The van der Waals surface area contributed by atoms with Crippen LogP contribution in [0.4, 0.5) is 5.69 Å². The standard InChI is InChI=1S/C14H14BrN3O2S/c1-20-11-4-2-3-10(7-11)16-9-14(19)18-17-8-12-5-6-13(15)21-12/h2-8,16H,9H2,1H3,(H,18,19)/b17-8-. The zero-order valence-corrected chi connectivity index (χ0v) is 13.7. The molecule has 110 valence electrons. The van der Waals surface area contributed by atoms with E-state index in [9.17, 15) is 4.79 Å². The van der Waals surface area contributed by atoms with E-state index in [1.54, 1.807) is 24.7 Å². The molecule has 1 aromatic heterocycles. The van der Waals surface area contributed by atoms with Gasteiger partial charge in [-0.1, -0.05) is 6.07 Å². The fraction of sp³-hybridized carbons (Fsp3) is 0.143. The molecule has 1 aromatic carbocycles. The molecule has 21 heavy (non-hydrogen) atoms. The lowest BCUT2D eigenvalue weighted by atomic mass is 10.3. The summed E-state index contributed by atoms with van der Waals surface area (Å²) in [5.74, 6) is 0.520. The molecule has 0 fully saturated rings. The van der Waals surface area contributed by atoms with E-state index in [2.05, 4.69) is 31.8 Å². The molecule has 0 saturated heterocycles. The number of rotatable bonds is 6. The molecule has 0 radical (unpaired) electrons. The third-order valence-corrected chi connectivity index (χ3v) is 4.06. The number of anilines is 1. The average molecular weight is 368 g/mol. The van der Waals surface area contributed by atoms with Gasteiger partial charge in [-0.2, -0.15) is 5.10 Å². The predicted molar refractivity (Wildman–Crippen MR) is 89.2 cm³/mol. The lowest BCUT2D eigenvalue weighted by molar-refractivity contribution is -0.119. The number of nitrogens with one attached hydrogen (secondary N) is 2. The highest BCUT2D eigenvalue weighted by Crippen LogP contribution is 2.20. The summed E-state index contributed by atoms with van der Waals surface area (Å²) in [6, 6.07) is 11.2. The Morgan fingerprint density at radius 1 is 1.43 bits per heavy atom. The van der Waals surface area contributed by atoms with Crippen LogP contribution >= 0.6 is 27.3 Å². The molecular weight excluding hydrogens is 354 g/mol. The minimum Gasteiger partial charge on any atom is -0.497 e. The van der Waals surface area contributed by atoms with Crippen molar-refractivity contribution >= 4 is 45.1 Å². The van der Waals surface area contributed by atoms with Crippen molar-refractivity contribution in [2.24, 2.45) is 5.10 Å². The summed E-state index contributed by atoms with van der Waals surface area (Å²) in [6.07, 6.45) is 1.61. The summed E-state index contributed by atoms with van der Waals surface area (Å²) in [5, 5.41) is 6.90. The van der Waals surface area contributed by atoms with Crippen molar-refractivity contribution < 1.29 is 9.53 Å². The lowest BCUT2D eigenvalue weighted by Gasteiger charge is -2.06. The average Bonchev–Trinajstić information content (AvgIpc) is 2.91. The van der Waals surface area contributed by atoms with Gasteiger partial charge >= 0.3 is 0 Å². The van der Waals surface area contributed by atoms with E-state index in [-0.39, 0.29) is 12.5 Å². The van der Waals surface area contributed by atoms with Crippen LogP contribution in [0.25, 0.3) is 0 Å². The van der Waals surface area contributed by atoms with Crippen LogP contribution in [0.5, 0.6) is 5.75 Å². The van der Waals surface area contributed by atoms with Crippen LogP contribution in [0.2, 0.25) is 0 Å². The second-order valence-electron chi connectivity index (χ2n) is 4.02. The number of nitrogens with zero attached hydrogens (tertiary/aromatic N) is 1. The molecule has 0 aliphatic rings. The number of carbonyl (C=O) groups excluding carboxylic acids is 1. The van der Waals surface area contributed by atoms with Gasteiger partial charge < -0.3 is 10.1 Å². The Morgan fingerprint density at radius 3 is 3.00 bits per heavy atom. The first-order valence-corrected chi connectivity index (χ1v) is 7.73. The number of methoxy groups -OCH3 is 1. The maximum absolute atomic E-state index is 11.6. The summed E-state index contributed by atoms with van der Waals surface area (Å²) < 4.78 is 6.13. The van der Waals surface area contributed by atoms with Crippen LogP contribution in [-0.4, -0.2) is 25.8 Å². The normalized spacial score (nSPS) is 10.6. The highest BCUT2D eigenvalue weighted by Gasteiger charge is 2.00. The van der Waals surface area contributed by atoms with Gasteiger partial charge in [0.2, 0.25) is 0 Å². The Hall–Kier alpha value is -1.86. The highest BCUT2D eigenvalue weighted by molar-refractivity contribution is 9.11. The number of thiophene rings is 1. The molecule has 0 aliphatic heterocycles. The number of amides is 1. The van der Waals surface area contributed by atoms with E-state index in [1.807, 2.05) is 36.4 Å². The molecule has 0 atom stereocenters. The third kappa shape index (κ3) is 5.20. The molecule has 2 aromatic rings. The van der Waals surface area contributed by atoms with Crippen molar-refractivity contribution in [2.75, 3.05) is 19.0 Å². The summed E-state index contributed by atoms with van der Waals surface area (Å²) in [7, 11) is 1.60. The van der Waals surface area contributed by atoms with E-state index in [0.717, 1.165) is 20.1 Å². The first-order chi connectivity index (χ1) is 10.2. The van der Waals surface area contributed by atoms with Crippen LogP contribution in [0.1, 0.15) is 4.88 Å². The van der Waals surface area contributed by atoms with E-state index in [0.29, 0.717) is 0 Å². The van der Waals surface area contributed by atoms with Crippen molar-refractivity contribution in [3.05, 3.63) is 45.1 Å². The Kier molecular flexibility index (Phi) is 5.77. The molecule has 0 unspecified atom stereocenters. The van der Waals surface area contributed by atoms with Crippen molar-refractivity contribution in [1.82, 2.24) is 5.43 Å². The predicted octanol–water partition coefficient (Wildman–Crippen LogP) is 3.08. The summed E-state index contributed by atoms with van der Waals surface area (Å²) in [6.45, 7) is 0.138. The molecule has 0 aliphatic carbocycles. The second kappa shape index (κ2) is 7.80. The zero-order chi connectivity index (χ0) is 15.1. The molecule has 1 heterocycles. The van der Waals surface area contributed by atoms with E-state index >= 15 is 0 Å². The Morgan fingerprint density at radius 2 is 2.29 bits per heavy atom. The Balaban J connectivity index is 1.78. The molecule has 1 amide bonds. The minimum absolute atomic E-state index is 0.138. The fourth-order valence-corrected chi connectivity index (χ4v) is 2.82. The van der Waals surface area contributed by atoms with Crippen molar-refractivity contribution in [3.8, 4) is 5.75 Å². The van der Waals surface area contributed by atoms with E-state index in [4.69, 9.17) is 4.74 Å². The number of ether oxygens (including phenoxy) is 1. The van der Waals surface area contributed by atoms with Crippen molar-refractivity contribution in [1.29, 1.82) is 0 Å². The maximum Gasteiger partial charge on any atom is 0.259 e. The Bertz CT molecular complexity index is 643. The Labute approximate surface area is 135 Å². The first-order valence-electron chi connectivity index (χ1n) is 6.12. The molecule has 0 spiro atoms. The van der Waals surface area contributed by atoms with Gasteiger partial charge in [0.1, 0.15) is 5.75 Å². The van der Waals surface area contributed by atoms with Crippen LogP contribution < -0.4 is 15.5 Å². The first kappa shape index (κ1) is 15.5. The SMILES string of the molecule is COc1cccc(NCC(=O)N/N=C\c2ccc(Br)s2)c1. The third-order valence-electron chi connectivity index (χ3n) is 2.50. The molecule has 2 N–H and O–H groups in total. The van der Waals surface area contributed by atoms with Gasteiger partial charge in [-0.25, -0.2) is 5.43 Å². The van der Waals surface area contributed by atoms with Gasteiger partial charge in [0.25, 0.3) is 5.91 Å². The zero-order valence-electron chi connectivity index (χ0n) is 11.3. The van der Waals surface area contributed by atoms with Gasteiger partial charge in [0.05, 0.1) is 23.7 Å². The molecule has 0 bridgehead atoms. The van der Waals surface area contributed by atoms with Crippen molar-refractivity contribution in [2.45, 2.75) is 0 Å². The van der Waals surface area contributed by atoms with Gasteiger partial charge in [-0.15, -0.1) is 11.3 Å². The van der Waals surface area contributed by atoms with Crippen LogP contribution in [0.3, 0.4) is 0 Å². The number of hydrogen-bond acceptors (Lipinski definition) is 5. The number of hydrogen-bond donors (Lipinski definition) is 2. The monoisotopic (exact) mass is 367 g/mol. The summed E-state index contributed by atoms with van der Waals surface area (Å²) in [4.78, 5) is 12.6. The topological polar surface area (TPSA) is 62.7 Å². The highest BCUT2D eigenvalue weighted by atomic mass is 79.9. The quantitative estimate of drug-likeness (QED) is 0.609. The number of benzene rings is 1. The van der Waals surface area contributed by atoms with E-state index < -0.39 is 0 Å². The number of hydrazone groups is 1. The maximum atomic E-state index is 11.6. The smallest absolute Gasteiger partial charge is 0.259 e. The van der Waals surface area contributed by atoms with Gasteiger partial charge in [0.15, 0.2) is 0 Å². The number of halogens is 1. The van der Waals surface area contributed by atoms with Gasteiger partial charge in [-0.3, -0.25) is 4.79 Å². The minimum atomic E-state index is -0.218. The molecule has 2 rings (SSSR count). The molecular formula is C14H14BrN3O2S. The summed E-state index contributed by atoms with van der Waals surface area (Å²) in [5.41, 5.74) is 3.28. The number of carbonyl (C=O) groups is 1. The van der Waals surface area contributed by atoms with Crippen LogP contribution in [0.15, 0.2) is 45.3 Å². The second-order valence-corrected chi connectivity index (χ2v) is 6.52. The van der Waals surface area contributed by atoms with Crippen molar-refractivity contribution in [3.63, 3.8) is 0 Å². The summed E-state index contributed by atoms with van der Waals surface area (Å²) >= 11 is 4.90. The lowest BCUT2D eigenvalue weighted by Crippen LogP contribution is -2.25. The molecule has 0 saturated carbocycles. The molecule has 5 nitrogen and oxygen atoms in total. The molecule has 7 heteroatoms.